The zero-order chi connectivity index (χ0) is 20.9. The van der Waals surface area contributed by atoms with Crippen molar-refractivity contribution in [3.05, 3.63) is 45.1 Å². The number of carbonyl (C=O) groups excluding carboxylic acids is 1. The standard InChI is InChI=1S/C23H28N2O3S2/c1-16-6-9-21-18(13-16)15-22(29-21)23(26)25-12-4-5-17-14-19(7-8-20(17)25)30(27,28)24-10-2-3-11-24/h7-8,14-16H,2-6,9-13H2,1H3. The van der Waals surface area contributed by atoms with Gasteiger partial charge in [0.1, 0.15) is 0 Å². The lowest BCUT2D eigenvalue weighted by Gasteiger charge is -2.30. The first-order valence-corrected chi connectivity index (χ1v) is 13.3. The van der Waals surface area contributed by atoms with Crippen molar-refractivity contribution in [2.45, 2.75) is 56.8 Å². The molecule has 1 atom stereocenters. The van der Waals surface area contributed by atoms with E-state index in [1.54, 1.807) is 27.8 Å². The maximum Gasteiger partial charge on any atom is 0.268 e. The topological polar surface area (TPSA) is 57.7 Å². The van der Waals surface area contributed by atoms with E-state index < -0.39 is 10.0 Å². The van der Waals surface area contributed by atoms with Crippen molar-refractivity contribution in [3.63, 3.8) is 0 Å². The van der Waals surface area contributed by atoms with Gasteiger partial charge in [-0.2, -0.15) is 4.31 Å². The van der Waals surface area contributed by atoms with Crippen molar-refractivity contribution < 1.29 is 13.2 Å². The van der Waals surface area contributed by atoms with Crippen LogP contribution in [0.1, 0.15) is 58.3 Å². The fourth-order valence-corrected chi connectivity index (χ4v) is 7.69. The number of rotatable bonds is 3. The lowest BCUT2D eigenvalue weighted by molar-refractivity contribution is 0.0989. The summed E-state index contributed by atoms with van der Waals surface area (Å²) in [6.45, 7) is 4.16. The van der Waals surface area contributed by atoms with E-state index in [2.05, 4.69) is 13.0 Å². The van der Waals surface area contributed by atoms with Crippen LogP contribution in [0.3, 0.4) is 0 Å². The molecule has 160 valence electrons. The van der Waals surface area contributed by atoms with Gasteiger partial charge in [0.05, 0.1) is 9.77 Å². The van der Waals surface area contributed by atoms with E-state index in [1.165, 1.54) is 16.9 Å². The lowest BCUT2D eigenvalue weighted by atomic mass is 9.90. The van der Waals surface area contributed by atoms with Crippen molar-refractivity contribution >= 4 is 33.0 Å². The molecule has 0 spiro atoms. The molecule has 0 radical (unpaired) electrons. The van der Waals surface area contributed by atoms with Gasteiger partial charge in [0.15, 0.2) is 0 Å². The number of hydrogen-bond acceptors (Lipinski definition) is 4. The highest BCUT2D eigenvalue weighted by atomic mass is 32.2. The lowest BCUT2D eigenvalue weighted by Crippen LogP contribution is -2.35. The van der Waals surface area contributed by atoms with E-state index in [0.717, 1.165) is 54.7 Å². The van der Waals surface area contributed by atoms with Gasteiger partial charge in [0.25, 0.3) is 5.91 Å². The van der Waals surface area contributed by atoms with E-state index >= 15 is 0 Å². The van der Waals surface area contributed by atoms with Crippen LogP contribution in [-0.4, -0.2) is 38.3 Å². The minimum atomic E-state index is -3.44. The first kappa shape index (κ1) is 20.2. The Morgan fingerprint density at radius 3 is 2.63 bits per heavy atom. The Bertz CT molecular complexity index is 1080. The van der Waals surface area contributed by atoms with E-state index in [0.29, 0.717) is 30.4 Å². The molecule has 2 aliphatic heterocycles. The average molecular weight is 445 g/mol. The molecule has 1 saturated heterocycles. The van der Waals surface area contributed by atoms with Crippen LogP contribution in [0, 0.1) is 5.92 Å². The summed E-state index contributed by atoms with van der Waals surface area (Å²) in [4.78, 5) is 17.8. The predicted molar refractivity (Wildman–Crippen MR) is 120 cm³/mol. The molecule has 0 N–H and O–H groups in total. The molecular weight excluding hydrogens is 416 g/mol. The minimum absolute atomic E-state index is 0.0538. The summed E-state index contributed by atoms with van der Waals surface area (Å²) in [7, 11) is -3.44. The van der Waals surface area contributed by atoms with Gasteiger partial charge < -0.3 is 4.90 Å². The number of hydrogen-bond donors (Lipinski definition) is 0. The van der Waals surface area contributed by atoms with Gasteiger partial charge in [-0.15, -0.1) is 11.3 Å². The van der Waals surface area contributed by atoms with E-state index in [-0.39, 0.29) is 5.91 Å². The molecule has 1 unspecified atom stereocenters. The summed E-state index contributed by atoms with van der Waals surface area (Å²) in [6.07, 6.45) is 6.85. The molecule has 1 aromatic heterocycles. The largest absolute Gasteiger partial charge is 0.307 e. The van der Waals surface area contributed by atoms with Crippen LogP contribution in [0.2, 0.25) is 0 Å². The van der Waals surface area contributed by atoms with Crippen molar-refractivity contribution in [2.75, 3.05) is 24.5 Å². The Hall–Kier alpha value is -1.70. The average Bonchev–Trinajstić information content (AvgIpc) is 3.42. The van der Waals surface area contributed by atoms with Gasteiger partial charge in [0, 0.05) is 30.2 Å². The first-order valence-electron chi connectivity index (χ1n) is 11.0. The van der Waals surface area contributed by atoms with Gasteiger partial charge in [0.2, 0.25) is 10.0 Å². The first-order chi connectivity index (χ1) is 14.4. The van der Waals surface area contributed by atoms with Crippen molar-refractivity contribution in [2.24, 2.45) is 5.92 Å². The van der Waals surface area contributed by atoms with Crippen LogP contribution in [0.15, 0.2) is 29.2 Å². The Morgan fingerprint density at radius 2 is 1.83 bits per heavy atom. The third-order valence-corrected chi connectivity index (χ3v) is 9.78. The summed E-state index contributed by atoms with van der Waals surface area (Å²) in [5.74, 6) is 0.736. The fourth-order valence-electron chi connectivity index (χ4n) is 4.97. The number of sulfonamides is 1. The number of nitrogens with zero attached hydrogens (tertiary/aromatic N) is 2. The molecule has 1 amide bonds. The van der Waals surface area contributed by atoms with Crippen LogP contribution in [-0.2, 0) is 29.3 Å². The second kappa shape index (κ2) is 7.77. The second-order valence-electron chi connectivity index (χ2n) is 8.87. The summed E-state index contributed by atoms with van der Waals surface area (Å²) < 4.78 is 27.5. The number of amides is 1. The van der Waals surface area contributed by atoms with Gasteiger partial charge in [-0.25, -0.2) is 8.42 Å². The smallest absolute Gasteiger partial charge is 0.268 e. The normalized spacial score (nSPS) is 22.0. The van der Waals surface area contributed by atoms with Gasteiger partial charge in [-0.3, -0.25) is 4.79 Å². The Labute approximate surface area is 182 Å². The predicted octanol–water partition coefficient (Wildman–Crippen LogP) is 4.25. The summed E-state index contributed by atoms with van der Waals surface area (Å²) in [5.41, 5.74) is 3.17. The molecular formula is C23H28N2O3S2. The molecule has 2 aromatic rings. The third kappa shape index (κ3) is 3.51. The molecule has 0 saturated carbocycles. The molecule has 5 rings (SSSR count). The number of benzene rings is 1. The molecule has 3 aliphatic rings. The molecule has 1 fully saturated rings. The van der Waals surface area contributed by atoms with Crippen LogP contribution < -0.4 is 4.90 Å². The molecule has 1 aliphatic carbocycles. The highest BCUT2D eigenvalue weighted by Crippen LogP contribution is 2.36. The Balaban J connectivity index is 1.44. The minimum Gasteiger partial charge on any atom is -0.307 e. The van der Waals surface area contributed by atoms with E-state index in [4.69, 9.17) is 0 Å². The van der Waals surface area contributed by atoms with Crippen LogP contribution in [0.5, 0.6) is 0 Å². The second-order valence-corrected chi connectivity index (χ2v) is 11.9. The maximum absolute atomic E-state index is 13.4. The molecule has 5 nitrogen and oxygen atoms in total. The number of fused-ring (bicyclic) bond motifs is 2. The molecule has 30 heavy (non-hydrogen) atoms. The van der Waals surface area contributed by atoms with Crippen LogP contribution in [0.25, 0.3) is 0 Å². The molecule has 1 aromatic carbocycles. The third-order valence-electron chi connectivity index (χ3n) is 6.66. The monoisotopic (exact) mass is 444 g/mol. The zero-order valence-corrected chi connectivity index (χ0v) is 19.0. The maximum atomic E-state index is 13.4. The summed E-state index contributed by atoms with van der Waals surface area (Å²) in [6, 6.07) is 7.41. The van der Waals surface area contributed by atoms with Gasteiger partial charge in [-0.1, -0.05) is 6.92 Å². The summed E-state index contributed by atoms with van der Waals surface area (Å²) >= 11 is 1.64. The van der Waals surface area contributed by atoms with Crippen molar-refractivity contribution in [3.8, 4) is 0 Å². The fraction of sp³-hybridized carbons (Fsp3) is 0.522. The zero-order valence-electron chi connectivity index (χ0n) is 17.4. The summed E-state index contributed by atoms with van der Waals surface area (Å²) in [5, 5.41) is 0. The Kier molecular flexibility index (Phi) is 5.24. The number of aryl methyl sites for hydroxylation is 2. The van der Waals surface area contributed by atoms with Crippen molar-refractivity contribution in [1.29, 1.82) is 0 Å². The van der Waals surface area contributed by atoms with Crippen LogP contribution >= 0.6 is 11.3 Å². The Morgan fingerprint density at radius 1 is 1.03 bits per heavy atom. The van der Waals surface area contributed by atoms with E-state index in [9.17, 15) is 13.2 Å². The van der Waals surface area contributed by atoms with Crippen LogP contribution in [0.4, 0.5) is 5.69 Å². The highest BCUT2D eigenvalue weighted by Gasteiger charge is 2.31. The van der Waals surface area contributed by atoms with Gasteiger partial charge in [-0.05, 0) is 86.3 Å². The number of thiophene rings is 1. The van der Waals surface area contributed by atoms with Crippen molar-refractivity contribution in [1.82, 2.24) is 4.31 Å². The number of carbonyl (C=O) groups is 1. The molecule has 7 heteroatoms. The SMILES string of the molecule is CC1CCc2sc(C(=O)N3CCCc4cc(S(=O)(=O)N5CCCC5)ccc43)cc2C1. The molecule has 0 bridgehead atoms. The molecule has 3 heterocycles. The highest BCUT2D eigenvalue weighted by molar-refractivity contribution is 7.89. The van der Waals surface area contributed by atoms with E-state index in [1.807, 2.05) is 11.0 Å². The quantitative estimate of drug-likeness (QED) is 0.711. The van der Waals surface area contributed by atoms with Gasteiger partial charge >= 0.3 is 0 Å². The number of anilines is 1.